The highest BCUT2D eigenvalue weighted by molar-refractivity contribution is 5.27. The summed E-state index contributed by atoms with van der Waals surface area (Å²) in [7, 11) is 1.82. The van der Waals surface area contributed by atoms with Crippen molar-refractivity contribution < 1.29 is 14.9 Å². The Morgan fingerprint density at radius 2 is 1.94 bits per heavy atom. The largest absolute Gasteiger partial charge is 0.494 e. The molecule has 96 valence electrons. The molecule has 0 aliphatic heterocycles. The van der Waals surface area contributed by atoms with Crippen LogP contribution in [0, 0.1) is 0 Å². The van der Waals surface area contributed by atoms with E-state index in [1.165, 1.54) is 0 Å². The zero-order valence-corrected chi connectivity index (χ0v) is 10.2. The van der Waals surface area contributed by atoms with E-state index in [0.29, 0.717) is 13.0 Å². The van der Waals surface area contributed by atoms with Gasteiger partial charge in [0.25, 0.3) is 0 Å². The number of rotatable bonds is 8. The van der Waals surface area contributed by atoms with Gasteiger partial charge in [-0.1, -0.05) is 12.1 Å². The fraction of sp³-hybridized carbons (Fsp3) is 0.538. The van der Waals surface area contributed by atoms with E-state index in [1.807, 2.05) is 31.3 Å². The van der Waals surface area contributed by atoms with Gasteiger partial charge in [0, 0.05) is 12.6 Å². The summed E-state index contributed by atoms with van der Waals surface area (Å²) in [6.07, 6.45) is 1.44. The third-order valence-corrected chi connectivity index (χ3v) is 2.69. The summed E-state index contributed by atoms with van der Waals surface area (Å²) < 4.78 is 5.56. The molecule has 4 nitrogen and oxygen atoms in total. The molecule has 0 bridgehead atoms. The fourth-order valence-electron chi connectivity index (χ4n) is 1.53. The summed E-state index contributed by atoms with van der Waals surface area (Å²) in [6.45, 7) is 0.862. The third-order valence-electron chi connectivity index (χ3n) is 2.69. The van der Waals surface area contributed by atoms with Crippen LogP contribution < -0.4 is 10.1 Å². The van der Waals surface area contributed by atoms with E-state index >= 15 is 0 Å². The molecule has 1 rings (SSSR count). The van der Waals surface area contributed by atoms with Crippen LogP contribution in [0.3, 0.4) is 0 Å². The quantitative estimate of drug-likeness (QED) is 0.620. The molecule has 0 fully saturated rings. The topological polar surface area (TPSA) is 61.7 Å². The summed E-state index contributed by atoms with van der Waals surface area (Å²) in [5.74, 6) is 0.819. The number of aliphatic hydroxyl groups excluding tert-OH is 2. The van der Waals surface area contributed by atoms with Crippen LogP contribution >= 0.6 is 0 Å². The first kappa shape index (κ1) is 14.0. The second-order valence-electron chi connectivity index (χ2n) is 3.92. The number of hydrogen-bond donors (Lipinski definition) is 3. The Morgan fingerprint density at radius 1 is 1.24 bits per heavy atom. The highest BCUT2D eigenvalue weighted by Gasteiger charge is 2.03. The van der Waals surface area contributed by atoms with Gasteiger partial charge >= 0.3 is 0 Å². The maximum Gasteiger partial charge on any atom is 0.119 e. The summed E-state index contributed by atoms with van der Waals surface area (Å²) in [6, 6.07) is 7.79. The zero-order chi connectivity index (χ0) is 12.5. The number of likely N-dealkylation sites (N-methyl/N-ethyl adjacent to an activating group) is 1. The Hall–Kier alpha value is -1.10. The van der Waals surface area contributed by atoms with Gasteiger partial charge in [-0.05, 0) is 37.6 Å². The average Bonchev–Trinajstić information content (AvgIpc) is 2.37. The van der Waals surface area contributed by atoms with Crippen LogP contribution in [0.4, 0.5) is 0 Å². The van der Waals surface area contributed by atoms with Crippen molar-refractivity contribution in [1.29, 1.82) is 0 Å². The number of aliphatic hydroxyl groups is 2. The molecule has 0 spiro atoms. The molecule has 0 heterocycles. The van der Waals surface area contributed by atoms with Crippen molar-refractivity contribution in [3.05, 3.63) is 29.8 Å². The summed E-state index contributed by atoms with van der Waals surface area (Å²) in [5.41, 5.74) is 1.10. The van der Waals surface area contributed by atoms with E-state index in [0.717, 1.165) is 17.7 Å². The number of benzene rings is 1. The molecule has 1 aromatic rings. The SMILES string of the molecule is CNC(CO)CCOc1ccc(CCO)cc1. The molecule has 0 aromatic heterocycles. The lowest BCUT2D eigenvalue weighted by atomic mass is 10.1. The second-order valence-corrected chi connectivity index (χ2v) is 3.92. The van der Waals surface area contributed by atoms with Gasteiger partial charge in [-0.25, -0.2) is 0 Å². The summed E-state index contributed by atoms with van der Waals surface area (Å²) in [5, 5.41) is 20.8. The first-order valence-electron chi connectivity index (χ1n) is 5.91. The van der Waals surface area contributed by atoms with Crippen molar-refractivity contribution in [2.75, 3.05) is 26.9 Å². The molecule has 1 atom stereocenters. The second kappa shape index (κ2) is 8.06. The number of hydrogen-bond acceptors (Lipinski definition) is 4. The molecule has 0 radical (unpaired) electrons. The van der Waals surface area contributed by atoms with Crippen molar-refractivity contribution in [3.63, 3.8) is 0 Å². The highest BCUT2D eigenvalue weighted by Crippen LogP contribution is 2.12. The van der Waals surface area contributed by atoms with E-state index in [-0.39, 0.29) is 19.3 Å². The molecule has 1 aromatic carbocycles. The van der Waals surface area contributed by atoms with Crippen molar-refractivity contribution in [2.24, 2.45) is 0 Å². The van der Waals surface area contributed by atoms with Crippen LogP contribution in [-0.2, 0) is 6.42 Å². The predicted molar refractivity (Wildman–Crippen MR) is 67.3 cm³/mol. The van der Waals surface area contributed by atoms with Gasteiger partial charge < -0.3 is 20.3 Å². The molecular formula is C13H21NO3. The summed E-state index contributed by atoms with van der Waals surface area (Å²) >= 11 is 0. The highest BCUT2D eigenvalue weighted by atomic mass is 16.5. The Bertz CT molecular complexity index is 296. The first-order valence-corrected chi connectivity index (χ1v) is 5.91. The molecule has 4 heteroatoms. The van der Waals surface area contributed by atoms with Crippen LogP contribution in [0.25, 0.3) is 0 Å². The maximum absolute atomic E-state index is 8.98. The standard InChI is InChI=1S/C13H21NO3/c1-14-12(10-16)7-9-17-13-4-2-11(3-5-13)6-8-15/h2-5,12,14-16H,6-10H2,1H3. The van der Waals surface area contributed by atoms with Gasteiger partial charge in [-0.15, -0.1) is 0 Å². The number of nitrogens with one attached hydrogen (secondary N) is 1. The Balaban J connectivity index is 2.31. The first-order chi connectivity index (χ1) is 8.30. The Labute approximate surface area is 102 Å². The van der Waals surface area contributed by atoms with Gasteiger partial charge in [-0.2, -0.15) is 0 Å². The zero-order valence-electron chi connectivity index (χ0n) is 10.2. The third kappa shape index (κ3) is 5.17. The minimum absolute atomic E-state index is 0.0867. The lowest BCUT2D eigenvalue weighted by molar-refractivity contribution is 0.214. The molecule has 3 N–H and O–H groups in total. The van der Waals surface area contributed by atoms with Crippen LogP contribution in [0.2, 0.25) is 0 Å². The van der Waals surface area contributed by atoms with E-state index in [1.54, 1.807) is 0 Å². The minimum Gasteiger partial charge on any atom is -0.494 e. The van der Waals surface area contributed by atoms with E-state index in [9.17, 15) is 0 Å². The summed E-state index contributed by atoms with van der Waals surface area (Å²) in [4.78, 5) is 0. The minimum atomic E-state index is 0.0867. The lowest BCUT2D eigenvalue weighted by Gasteiger charge is -2.13. The van der Waals surface area contributed by atoms with Crippen molar-refractivity contribution in [2.45, 2.75) is 18.9 Å². The number of ether oxygens (including phenoxy) is 1. The predicted octanol–water partition coefficient (Wildman–Crippen LogP) is 0.571. The maximum atomic E-state index is 8.98. The van der Waals surface area contributed by atoms with Gasteiger partial charge in [0.1, 0.15) is 5.75 Å². The van der Waals surface area contributed by atoms with E-state index < -0.39 is 0 Å². The van der Waals surface area contributed by atoms with E-state index in [4.69, 9.17) is 14.9 Å². The molecular weight excluding hydrogens is 218 g/mol. The fourth-order valence-corrected chi connectivity index (χ4v) is 1.53. The molecule has 0 aliphatic rings. The van der Waals surface area contributed by atoms with Gasteiger partial charge in [0.15, 0.2) is 0 Å². The monoisotopic (exact) mass is 239 g/mol. The molecule has 0 saturated carbocycles. The van der Waals surface area contributed by atoms with E-state index in [2.05, 4.69) is 5.32 Å². The van der Waals surface area contributed by atoms with Crippen LogP contribution in [0.1, 0.15) is 12.0 Å². The Morgan fingerprint density at radius 3 is 2.47 bits per heavy atom. The smallest absolute Gasteiger partial charge is 0.119 e. The normalized spacial score (nSPS) is 12.4. The van der Waals surface area contributed by atoms with Crippen LogP contribution in [0.15, 0.2) is 24.3 Å². The van der Waals surface area contributed by atoms with Crippen LogP contribution in [-0.4, -0.2) is 43.1 Å². The molecule has 0 saturated heterocycles. The van der Waals surface area contributed by atoms with Crippen LogP contribution in [0.5, 0.6) is 5.75 Å². The Kier molecular flexibility index (Phi) is 6.62. The van der Waals surface area contributed by atoms with Gasteiger partial charge in [0.2, 0.25) is 0 Å². The molecule has 0 amide bonds. The molecule has 0 aliphatic carbocycles. The average molecular weight is 239 g/mol. The van der Waals surface area contributed by atoms with Crippen molar-refractivity contribution in [1.82, 2.24) is 5.32 Å². The van der Waals surface area contributed by atoms with Crippen molar-refractivity contribution >= 4 is 0 Å². The van der Waals surface area contributed by atoms with Gasteiger partial charge in [-0.3, -0.25) is 0 Å². The lowest BCUT2D eigenvalue weighted by Crippen LogP contribution is -2.30. The molecule has 17 heavy (non-hydrogen) atoms. The molecule has 1 unspecified atom stereocenters. The van der Waals surface area contributed by atoms with Crippen molar-refractivity contribution in [3.8, 4) is 5.75 Å². The van der Waals surface area contributed by atoms with Gasteiger partial charge in [0.05, 0.1) is 13.2 Å².